The van der Waals surface area contributed by atoms with E-state index in [2.05, 4.69) is 0 Å². The van der Waals surface area contributed by atoms with E-state index in [1.165, 1.54) is 0 Å². The third kappa shape index (κ3) is 4.34. The zero-order valence-corrected chi connectivity index (χ0v) is 17.9. The topological polar surface area (TPSA) is 57.7 Å². The molecule has 5 nitrogen and oxygen atoms in total. The van der Waals surface area contributed by atoms with Crippen LogP contribution in [-0.4, -0.2) is 38.3 Å². The van der Waals surface area contributed by atoms with Crippen molar-refractivity contribution in [3.05, 3.63) is 58.6 Å². The van der Waals surface area contributed by atoms with Crippen molar-refractivity contribution >= 4 is 33.2 Å². The molecule has 0 radical (unpaired) electrons. The van der Waals surface area contributed by atoms with Crippen LogP contribution < -0.4 is 4.90 Å². The lowest BCUT2D eigenvalue weighted by molar-refractivity contribution is -0.118. The number of halogens is 1. The van der Waals surface area contributed by atoms with Gasteiger partial charge in [-0.05, 0) is 73.6 Å². The number of sulfonamides is 1. The lowest BCUT2D eigenvalue weighted by Gasteiger charge is -2.30. The molecule has 0 spiro atoms. The van der Waals surface area contributed by atoms with E-state index < -0.39 is 10.0 Å². The van der Waals surface area contributed by atoms with Crippen LogP contribution in [-0.2, 0) is 27.7 Å². The van der Waals surface area contributed by atoms with Gasteiger partial charge in [0.15, 0.2) is 0 Å². The van der Waals surface area contributed by atoms with Gasteiger partial charge >= 0.3 is 0 Å². The van der Waals surface area contributed by atoms with Gasteiger partial charge in [-0.15, -0.1) is 0 Å². The normalized spacial score (nSPS) is 17.3. The number of carbonyl (C=O) groups excluding carboxylic acids is 1. The average Bonchev–Trinajstić information content (AvgIpc) is 3.28. The van der Waals surface area contributed by atoms with Gasteiger partial charge in [0, 0.05) is 36.8 Å². The third-order valence-electron chi connectivity index (χ3n) is 5.71. The molecule has 1 amide bonds. The minimum Gasteiger partial charge on any atom is -0.312 e. The molecule has 29 heavy (non-hydrogen) atoms. The van der Waals surface area contributed by atoms with Crippen molar-refractivity contribution in [2.24, 2.45) is 0 Å². The van der Waals surface area contributed by atoms with Crippen molar-refractivity contribution < 1.29 is 13.2 Å². The molecular formula is C22H25ClN2O3S. The maximum atomic E-state index is 12.9. The summed E-state index contributed by atoms with van der Waals surface area (Å²) in [4.78, 5) is 15.0. The molecule has 0 N–H and O–H groups in total. The van der Waals surface area contributed by atoms with Gasteiger partial charge in [-0.2, -0.15) is 4.31 Å². The molecule has 0 aromatic heterocycles. The Morgan fingerprint density at radius 2 is 1.69 bits per heavy atom. The molecule has 1 fully saturated rings. The fourth-order valence-corrected chi connectivity index (χ4v) is 5.80. The molecule has 0 atom stereocenters. The van der Waals surface area contributed by atoms with Gasteiger partial charge in [0.05, 0.1) is 4.90 Å². The molecule has 2 aliphatic rings. The van der Waals surface area contributed by atoms with Crippen LogP contribution in [0.3, 0.4) is 0 Å². The van der Waals surface area contributed by atoms with Crippen LogP contribution in [0.25, 0.3) is 0 Å². The molecule has 0 bridgehead atoms. The molecule has 2 heterocycles. The number of fused-ring (bicyclic) bond motifs is 1. The van der Waals surface area contributed by atoms with Gasteiger partial charge in [0.2, 0.25) is 15.9 Å². The second kappa shape index (κ2) is 8.46. The number of aryl methyl sites for hydroxylation is 2. The van der Waals surface area contributed by atoms with Crippen molar-refractivity contribution in [2.45, 2.75) is 43.4 Å². The number of carbonyl (C=O) groups is 1. The van der Waals surface area contributed by atoms with Gasteiger partial charge in [0.25, 0.3) is 0 Å². The number of hydrogen-bond acceptors (Lipinski definition) is 3. The number of rotatable bonds is 5. The van der Waals surface area contributed by atoms with Crippen molar-refractivity contribution in [1.29, 1.82) is 0 Å². The highest BCUT2D eigenvalue weighted by Crippen LogP contribution is 2.31. The Bertz CT molecular complexity index is 999. The summed E-state index contributed by atoms with van der Waals surface area (Å²) in [7, 11) is -3.44. The smallest absolute Gasteiger partial charge is 0.243 e. The van der Waals surface area contributed by atoms with Crippen molar-refractivity contribution in [3.63, 3.8) is 0 Å². The summed E-state index contributed by atoms with van der Waals surface area (Å²) in [6.07, 6.45) is 4.53. The van der Waals surface area contributed by atoms with Crippen LogP contribution >= 0.6 is 11.6 Å². The SMILES string of the molecule is O=C(CCc1ccc(Cl)cc1)N1CCCc2cc(S(=O)(=O)N3CCCC3)ccc21. The second-order valence-corrected chi connectivity index (χ2v) is 10.1. The Labute approximate surface area is 177 Å². The Kier molecular flexibility index (Phi) is 5.95. The van der Waals surface area contributed by atoms with E-state index >= 15 is 0 Å². The summed E-state index contributed by atoms with van der Waals surface area (Å²) in [5.41, 5.74) is 2.86. The quantitative estimate of drug-likeness (QED) is 0.716. The molecular weight excluding hydrogens is 408 g/mol. The standard InChI is InChI=1S/C22H25ClN2O3S/c23-19-8-5-17(6-9-19)7-12-22(26)25-15-3-4-18-16-20(10-11-21(18)25)29(27,28)24-13-1-2-14-24/h5-6,8-11,16H,1-4,7,12-15H2. The Hall–Kier alpha value is -1.89. The number of anilines is 1. The molecule has 0 unspecified atom stereocenters. The van der Waals surface area contributed by atoms with Crippen molar-refractivity contribution in [3.8, 4) is 0 Å². The van der Waals surface area contributed by atoms with E-state index in [-0.39, 0.29) is 5.91 Å². The monoisotopic (exact) mass is 432 g/mol. The minimum absolute atomic E-state index is 0.0658. The van der Waals surface area contributed by atoms with E-state index in [0.717, 1.165) is 42.5 Å². The predicted molar refractivity (Wildman–Crippen MR) is 115 cm³/mol. The first-order chi connectivity index (χ1) is 13.9. The lowest BCUT2D eigenvalue weighted by atomic mass is 10.0. The van der Waals surface area contributed by atoms with Crippen LogP contribution in [0.4, 0.5) is 5.69 Å². The van der Waals surface area contributed by atoms with E-state index in [9.17, 15) is 13.2 Å². The zero-order chi connectivity index (χ0) is 20.4. The first-order valence-electron chi connectivity index (χ1n) is 10.1. The molecule has 2 aliphatic heterocycles. The van der Waals surface area contributed by atoms with Crippen LogP contribution in [0.15, 0.2) is 47.4 Å². The fraction of sp³-hybridized carbons (Fsp3) is 0.409. The molecule has 0 saturated carbocycles. The Morgan fingerprint density at radius 1 is 0.966 bits per heavy atom. The predicted octanol–water partition coefficient (Wildman–Crippen LogP) is 4.04. The maximum Gasteiger partial charge on any atom is 0.243 e. The van der Waals surface area contributed by atoms with Crippen LogP contribution in [0, 0.1) is 0 Å². The van der Waals surface area contributed by atoms with Crippen LogP contribution in [0.2, 0.25) is 5.02 Å². The summed E-state index contributed by atoms with van der Waals surface area (Å²) >= 11 is 5.92. The Morgan fingerprint density at radius 3 is 2.41 bits per heavy atom. The summed E-state index contributed by atoms with van der Waals surface area (Å²) in [5.74, 6) is 0.0658. The summed E-state index contributed by atoms with van der Waals surface area (Å²) in [5, 5.41) is 0.685. The van der Waals surface area contributed by atoms with Crippen molar-refractivity contribution in [1.82, 2.24) is 4.31 Å². The number of benzene rings is 2. The van der Waals surface area contributed by atoms with Gasteiger partial charge in [-0.3, -0.25) is 4.79 Å². The van der Waals surface area contributed by atoms with Crippen molar-refractivity contribution in [2.75, 3.05) is 24.5 Å². The number of amides is 1. The first kappa shape index (κ1) is 20.4. The number of nitrogens with zero attached hydrogens (tertiary/aromatic N) is 2. The molecule has 154 valence electrons. The van der Waals surface area contributed by atoms with E-state index in [4.69, 9.17) is 11.6 Å². The highest BCUT2D eigenvalue weighted by atomic mass is 35.5. The summed E-state index contributed by atoms with van der Waals surface area (Å²) in [6, 6.07) is 12.8. The molecule has 0 aliphatic carbocycles. The summed E-state index contributed by atoms with van der Waals surface area (Å²) < 4.78 is 27.3. The molecule has 2 aromatic carbocycles. The highest BCUT2D eigenvalue weighted by Gasteiger charge is 2.29. The molecule has 1 saturated heterocycles. The van der Waals surface area contributed by atoms with Gasteiger partial charge in [0.1, 0.15) is 0 Å². The van der Waals surface area contributed by atoms with Gasteiger partial charge < -0.3 is 4.90 Å². The first-order valence-corrected chi connectivity index (χ1v) is 11.9. The molecule has 2 aromatic rings. The fourth-order valence-electron chi connectivity index (χ4n) is 4.11. The highest BCUT2D eigenvalue weighted by molar-refractivity contribution is 7.89. The largest absolute Gasteiger partial charge is 0.312 e. The maximum absolute atomic E-state index is 12.9. The van der Waals surface area contributed by atoms with E-state index in [1.807, 2.05) is 24.3 Å². The minimum atomic E-state index is -3.44. The van der Waals surface area contributed by atoms with Gasteiger partial charge in [-0.1, -0.05) is 23.7 Å². The van der Waals surface area contributed by atoms with Crippen LogP contribution in [0.5, 0.6) is 0 Å². The van der Waals surface area contributed by atoms with Crippen LogP contribution in [0.1, 0.15) is 36.8 Å². The summed E-state index contributed by atoms with van der Waals surface area (Å²) in [6.45, 7) is 1.86. The molecule has 7 heteroatoms. The zero-order valence-electron chi connectivity index (χ0n) is 16.3. The number of hydrogen-bond donors (Lipinski definition) is 0. The van der Waals surface area contributed by atoms with E-state index in [1.54, 1.807) is 27.4 Å². The Balaban J connectivity index is 1.50. The van der Waals surface area contributed by atoms with Gasteiger partial charge in [-0.25, -0.2) is 8.42 Å². The molecule has 4 rings (SSSR count). The second-order valence-electron chi connectivity index (χ2n) is 7.68. The average molecular weight is 433 g/mol. The van der Waals surface area contributed by atoms with E-state index in [0.29, 0.717) is 42.4 Å². The third-order valence-corrected chi connectivity index (χ3v) is 7.86. The lowest BCUT2D eigenvalue weighted by Crippen LogP contribution is -2.36.